The highest BCUT2D eigenvalue weighted by Crippen LogP contribution is 2.20. The van der Waals surface area contributed by atoms with Crippen molar-refractivity contribution in [3.8, 4) is 0 Å². The predicted molar refractivity (Wildman–Crippen MR) is 196 cm³/mol. The Morgan fingerprint density at radius 3 is 2.04 bits per heavy atom. The van der Waals surface area contributed by atoms with Gasteiger partial charge in [-0.05, 0) is 53.3 Å². The number of nitrogens with one attached hydrogen (secondary N) is 2. The standard InChI is InChI=1S/C41H45N3O6/c1-3-13-34(27-38(46)44(23-24-45)28-31-17-9-6-10-18-31)39(47)43-37(40(48)42-36-22-21-32-19-11-12-20-33(32)26-36)29-50-41(49)35(14-4-2)25-30-15-7-5-8-16-30/h3-12,15-22,26,34-35,37,45H,1-2,13-14,23-25,27-29H2,(H,42,48)(H,43,47)/t34-,35-,37-/m0/s1. The van der Waals surface area contributed by atoms with Gasteiger partial charge in [0.05, 0.1) is 18.4 Å². The van der Waals surface area contributed by atoms with Crippen molar-refractivity contribution in [2.75, 3.05) is 25.1 Å². The largest absolute Gasteiger partial charge is 0.463 e. The number of amides is 3. The van der Waals surface area contributed by atoms with Gasteiger partial charge < -0.3 is 25.4 Å². The number of allylic oxidation sites excluding steroid dienone is 2. The Hall–Kier alpha value is -5.54. The number of esters is 1. The van der Waals surface area contributed by atoms with E-state index in [2.05, 4.69) is 23.8 Å². The highest BCUT2D eigenvalue weighted by Gasteiger charge is 2.30. The molecule has 260 valence electrons. The molecular weight excluding hydrogens is 630 g/mol. The fourth-order valence-electron chi connectivity index (χ4n) is 5.66. The lowest BCUT2D eigenvalue weighted by molar-refractivity contribution is -0.150. The first-order valence-corrected chi connectivity index (χ1v) is 16.8. The molecular formula is C41H45N3O6. The molecule has 0 unspecified atom stereocenters. The van der Waals surface area contributed by atoms with Crippen LogP contribution in [0.2, 0.25) is 0 Å². The van der Waals surface area contributed by atoms with E-state index in [9.17, 15) is 24.3 Å². The number of aliphatic hydroxyl groups is 1. The van der Waals surface area contributed by atoms with Gasteiger partial charge in [-0.25, -0.2) is 0 Å². The average Bonchev–Trinajstić information content (AvgIpc) is 3.13. The highest BCUT2D eigenvalue weighted by atomic mass is 16.5. The lowest BCUT2D eigenvalue weighted by atomic mass is 9.96. The Balaban J connectivity index is 1.51. The minimum Gasteiger partial charge on any atom is -0.463 e. The third kappa shape index (κ3) is 11.3. The topological polar surface area (TPSA) is 125 Å². The van der Waals surface area contributed by atoms with Gasteiger partial charge in [0.15, 0.2) is 0 Å². The van der Waals surface area contributed by atoms with Gasteiger partial charge in [-0.1, -0.05) is 103 Å². The zero-order valence-corrected chi connectivity index (χ0v) is 28.2. The predicted octanol–water partition coefficient (Wildman–Crippen LogP) is 5.84. The number of aliphatic hydroxyl groups excluding tert-OH is 1. The molecule has 4 aromatic carbocycles. The molecule has 0 saturated heterocycles. The van der Waals surface area contributed by atoms with E-state index >= 15 is 0 Å². The van der Waals surface area contributed by atoms with Gasteiger partial charge in [-0.3, -0.25) is 19.2 Å². The van der Waals surface area contributed by atoms with Crippen LogP contribution in [-0.2, 0) is 36.9 Å². The maximum Gasteiger partial charge on any atom is 0.309 e. The monoisotopic (exact) mass is 675 g/mol. The molecule has 0 fully saturated rings. The minimum atomic E-state index is -1.26. The van der Waals surface area contributed by atoms with Crippen LogP contribution in [0.4, 0.5) is 5.69 Å². The summed E-state index contributed by atoms with van der Waals surface area (Å²) in [4.78, 5) is 55.7. The molecule has 0 aliphatic heterocycles. The molecule has 0 bridgehead atoms. The summed E-state index contributed by atoms with van der Waals surface area (Å²) in [6.45, 7) is 7.24. The highest BCUT2D eigenvalue weighted by molar-refractivity contribution is 5.99. The molecule has 0 spiro atoms. The molecule has 0 heterocycles. The summed E-state index contributed by atoms with van der Waals surface area (Å²) in [5, 5.41) is 17.2. The van der Waals surface area contributed by atoms with Crippen LogP contribution in [0.1, 0.15) is 30.4 Å². The van der Waals surface area contributed by atoms with Crippen molar-refractivity contribution < 1.29 is 29.0 Å². The number of fused-ring (bicyclic) bond motifs is 1. The van der Waals surface area contributed by atoms with Crippen LogP contribution in [0, 0.1) is 11.8 Å². The van der Waals surface area contributed by atoms with Crippen molar-refractivity contribution in [3.05, 3.63) is 140 Å². The van der Waals surface area contributed by atoms with Gasteiger partial charge in [0, 0.05) is 25.2 Å². The molecule has 4 aromatic rings. The summed E-state index contributed by atoms with van der Waals surface area (Å²) < 4.78 is 5.69. The summed E-state index contributed by atoms with van der Waals surface area (Å²) in [7, 11) is 0. The van der Waals surface area contributed by atoms with Gasteiger partial charge in [0.25, 0.3) is 5.91 Å². The van der Waals surface area contributed by atoms with Crippen molar-refractivity contribution >= 4 is 40.2 Å². The van der Waals surface area contributed by atoms with Crippen LogP contribution >= 0.6 is 0 Å². The summed E-state index contributed by atoms with van der Waals surface area (Å²) in [5.74, 6) is -3.41. The molecule has 0 aliphatic carbocycles. The maximum absolute atomic E-state index is 13.8. The fourth-order valence-corrected chi connectivity index (χ4v) is 5.66. The lowest BCUT2D eigenvalue weighted by Crippen LogP contribution is -2.50. The normalized spacial score (nSPS) is 12.6. The van der Waals surface area contributed by atoms with E-state index in [1.165, 1.54) is 4.90 Å². The molecule has 3 amide bonds. The van der Waals surface area contributed by atoms with E-state index < -0.39 is 42.3 Å². The molecule has 0 radical (unpaired) electrons. The van der Waals surface area contributed by atoms with Crippen LogP contribution in [0.5, 0.6) is 0 Å². The van der Waals surface area contributed by atoms with E-state index in [0.29, 0.717) is 18.5 Å². The van der Waals surface area contributed by atoms with Gasteiger partial charge in [-0.15, -0.1) is 13.2 Å². The molecule has 4 rings (SSSR count). The first kappa shape index (κ1) is 37.3. The number of benzene rings is 4. The second-order valence-corrected chi connectivity index (χ2v) is 12.1. The third-order valence-electron chi connectivity index (χ3n) is 8.33. The van der Waals surface area contributed by atoms with E-state index in [4.69, 9.17) is 4.74 Å². The van der Waals surface area contributed by atoms with E-state index in [0.717, 1.165) is 21.9 Å². The average molecular weight is 676 g/mol. The number of rotatable bonds is 19. The number of anilines is 1. The zero-order valence-electron chi connectivity index (χ0n) is 28.2. The number of nitrogens with zero attached hydrogens (tertiary/aromatic N) is 1. The number of hydrogen-bond acceptors (Lipinski definition) is 6. The van der Waals surface area contributed by atoms with Gasteiger partial charge in [0.1, 0.15) is 12.6 Å². The Labute approximate surface area is 293 Å². The molecule has 9 nitrogen and oxygen atoms in total. The van der Waals surface area contributed by atoms with E-state index in [1.807, 2.05) is 97.1 Å². The van der Waals surface area contributed by atoms with Crippen LogP contribution in [0.25, 0.3) is 10.8 Å². The maximum atomic E-state index is 13.8. The molecule has 0 aliphatic rings. The van der Waals surface area contributed by atoms with Crippen molar-refractivity contribution in [2.24, 2.45) is 11.8 Å². The SMILES string of the molecule is C=CC[C@@H](CC(=O)N(CCO)Cc1ccccc1)C(=O)N[C@@H](COC(=O)[C@@H](CC=C)Cc1ccccc1)C(=O)Nc1ccc2ccccc2c1. The number of carbonyl (C=O) groups is 4. The van der Waals surface area contributed by atoms with Crippen LogP contribution in [-0.4, -0.2) is 59.5 Å². The zero-order chi connectivity index (χ0) is 35.7. The van der Waals surface area contributed by atoms with Gasteiger partial charge >= 0.3 is 5.97 Å². The fraction of sp³-hybridized carbons (Fsp3) is 0.268. The number of carbonyl (C=O) groups excluding carboxylic acids is 4. The third-order valence-corrected chi connectivity index (χ3v) is 8.33. The number of hydrogen-bond donors (Lipinski definition) is 3. The van der Waals surface area contributed by atoms with Crippen molar-refractivity contribution in [3.63, 3.8) is 0 Å². The summed E-state index contributed by atoms with van der Waals surface area (Å²) in [6, 6.07) is 30.8. The van der Waals surface area contributed by atoms with E-state index in [1.54, 1.807) is 18.2 Å². The second kappa shape index (κ2) is 19.5. The van der Waals surface area contributed by atoms with Crippen LogP contribution in [0.3, 0.4) is 0 Å². The Kier molecular flexibility index (Phi) is 14.5. The quantitative estimate of drug-likeness (QED) is 0.0847. The minimum absolute atomic E-state index is 0.0950. The summed E-state index contributed by atoms with van der Waals surface area (Å²) in [6.07, 6.45) is 3.96. The number of ether oxygens (including phenoxy) is 1. The molecule has 3 atom stereocenters. The molecule has 50 heavy (non-hydrogen) atoms. The van der Waals surface area contributed by atoms with Crippen molar-refractivity contribution in [1.82, 2.24) is 10.2 Å². The Morgan fingerprint density at radius 2 is 1.38 bits per heavy atom. The lowest BCUT2D eigenvalue weighted by Gasteiger charge is -2.26. The van der Waals surface area contributed by atoms with Crippen molar-refractivity contribution in [1.29, 1.82) is 0 Å². The molecule has 0 saturated carbocycles. The molecule has 0 aromatic heterocycles. The van der Waals surface area contributed by atoms with Gasteiger partial charge in [0.2, 0.25) is 11.8 Å². The first-order valence-electron chi connectivity index (χ1n) is 16.8. The second-order valence-electron chi connectivity index (χ2n) is 12.1. The molecule has 9 heteroatoms. The van der Waals surface area contributed by atoms with E-state index in [-0.39, 0.29) is 38.4 Å². The van der Waals surface area contributed by atoms with Crippen molar-refractivity contribution in [2.45, 2.75) is 38.3 Å². The Morgan fingerprint density at radius 1 is 0.760 bits per heavy atom. The smallest absolute Gasteiger partial charge is 0.309 e. The van der Waals surface area contributed by atoms with Crippen LogP contribution < -0.4 is 10.6 Å². The first-order chi connectivity index (χ1) is 24.3. The Bertz CT molecular complexity index is 1740. The summed E-state index contributed by atoms with van der Waals surface area (Å²) in [5.41, 5.74) is 2.34. The summed E-state index contributed by atoms with van der Waals surface area (Å²) >= 11 is 0. The van der Waals surface area contributed by atoms with Crippen LogP contribution in [0.15, 0.2) is 128 Å². The van der Waals surface area contributed by atoms with Gasteiger partial charge in [-0.2, -0.15) is 0 Å². The molecule has 3 N–H and O–H groups in total.